The highest BCUT2D eigenvalue weighted by molar-refractivity contribution is 5.91. The second-order valence-corrected chi connectivity index (χ2v) is 8.68. The molecule has 4 aliphatic rings. The number of rotatable bonds is 3. The first-order chi connectivity index (χ1) is 12.5. The Kier molecular flexibility index (Phi) is 4.13. The van der Waals surface area contributed by atoms with Crippen molar-refractivity contribution in [2.75, 3.05) is 0 Å². The molecule has 5 nitrogen and oxygen atoms in total. The highest BCUT2D eigenvalue weighted by Crippen LogP contribution is 2.67. The Hall–Kier alpha value is -1.83. The molecule has 140 valence electrons. The topological polar surface area (TPSA) is 69.4 Å². The van der Waals surface area contributed by atoms with E-state index >= 15 is 0 Å². The monoisotopic (exact) mass is 357 g/mol. The molecule has 6 atom stereocenters. The number of allylic oxidation sites excluding steroid dienone is 1. The van der Waals surface area contributed by atoms with E-state index < -0.39 is 10.7 Å². The summed E-state index contributed by atoms with van der Waals surface area (Å²) in [4.78, 5) is 28.2. The van der Waals surface area contributed by atoms with E-state index in [1.54, 1.807) is 0 Å². The average molecular weight is 357 g/mol. The number of carbonyl (C=O) groups is 1. The van der Waals surface area contributed by atoms with Crippen LogP contribution in [0.25, 0.3) is 0 Å². The van der Waals surface area contributed by atoms with Crippen molar-refractivity contribution < 1.29 is 14.7 Å². The first-order valence-electron chi connectivity index (χ1n) is 10.0. The summed E-state index contributed by atoms with van der Waals surface area (Å²) in [6, 6.07) is 0. The van der Waals surface area contributed by atoms with Gasteiger partial charge in [-0.25, -0.2) is 0 Å². The molecule has 4 rings (SSSR count). The lowest BCUT2D eigenvalue weighted by atomic mass is 9.49. The Morgan fingerprint density at radius 3 is 2.77 bits per heavy atom. The van der Waals surface area contributed by atoms with Crippen LogP contribution < -0.4 is 0 Å². The predicted octanol–water partition coefficient (Wildman–Crippen LogP) is 4.10. The van der Waals surface area contributed by atoms with Gasteiger partial charge in [0.25, 0.3) is 5.09 Å². The molecule has 0 unspecified atom stereocenters. The number of nitrogens with zero attached hydrogens (tertiary/aromatic N) is 1. The molecular formula is C21H27NO4. The van der Waals surface area contributed by atoms with Crippen LogP contribution >= 0.6 is 0 Å². The molecule has 0 aromatic carbocycles. The van der Waals surface area contributed by atoms with Gasteiger partial charge in [-0.1, -0.05) is 18.4 Å². The summed E-state index contributed by atoms with van der Waals surface area (Å²) in [7, 11) is 0. The van der Waals surface area contributed by atoms with Gasteiger partial charge in [-0.3, -0.25) is 9.63 Å². The van der Waals surface area contributed by atoms with E-state index in [2.05, 4.69) is 12.8 Å². The lowest BCUT2D eigenvalue weighted by Gasteiger charge is -2.56. The summed E-state index contributed by atoms with van der Waals surface area (Å²) < 4.78 is 0. The van der Waals surface area contributed by atoms with Crippen LogP contribution in [0.5, 0.6) is 0 Å². The minimum atomic E-state index is -1.07. The second kappa shape index (κ2) is 6.11. The lowest BCUT2D eigenvalue weighted by Crippen LogP contribution is -2.55. The number of hydrogen-bond donors (Lipinski definition) is 0. The van der Waals surface area contributed by atoms with Crippen molar-refractivity contribution in [3.63, 3.8) is 0 Å². The third-order valence-electron chi connectivity index (χ3n) is 8.21. The van der Waals surface area contributed by atoms with Crippen molar-refractivity contribution in [1.82, 2.24) is 0 Å². The molecule has 0 bridgehead atoms. The van der Waals surface area contributed by atoms with Gasteiger partial charge >= 0.3 is 0 Å². The lowest BCUT2D eigenvalue weighted by molar-refractivity contribution is -0.781. The minimum Gasteiger partial charge on any atom is -0.295 e. The molecule has 0 aromatic rings. The van der Waals surface area contributed by atoms with E-state index in [-0.39, 0.29) is 11.2 Å². The summed E-state index contributed by atoms with van der Waals surface area (Å²) in [5, 5.41) is 10.5. The fraction of sp³-hybridized carbons (Fsp3) is 0.762. The Morgan fingerprint density at radius 1 is 1.27 bits per heavy atom. The third-order valence-corrected chi connectivity index (χ3v) is 8.21. The van der Waals surface area contributed by atoms with Gasteiger partial charge in [0.05, 0.1) is 0 Å². The summed E-state index contributed by atoms with van der Waals surface area (Å²) in [6.07, 6.45) is 15.7. The Bertz CT molecular complexity index is 707. The Balaban J connectivity index is 1.68. The molecule has 0 amide bonds. The highest BCUT2D eigenvalue weighted by Gasteiger charge is 2.65. The summed E-state index contributed by atoms with van der Waals surface area (Å²) in [5.41, 5.74) is -0.00411. The summed E-state index contributed by atoms with van der Waals surface area (Å²) >= 11 is 0. The first kappa shape index (κ1) is 17.6. The van der Waals surface area contributed by atoms with Crippen LogP contribution in [0, 0.1) is 51.5 Å². The van der Waals surface area contributed by atoms with E-state index in [4.69, 9.17) is 11.3 Å². The van der Waals surface area contributed by atoms with Crippen molar-refractivity contribution in [3.8, 4) is 12.3 Å². The summed E-state index contributed by atoms with van der Waals surface area (Å²) in [5.74, 6) is 5.07. The van der Waals surface area contributed by atoms with E-state index in [1.165, 1.54) is 5.57 Å². The van der Waals surface area contributed by atoms with Crippen LogP contribution in [0.1, 0.15) is 64.7 Å². The van der Waals surface area contributed by atoms with Crippen molar-refractivity contribution >= 4 is 5.78 Å². The fourth-order valence-corrected chi connectivity index (χ4v) is 7.23. The van der Waals surface area contributed by atoms with Gasteiger partial charge in [0.2, 0.25) is 0 Å². The van der Waals surface area contributed by atoms with E-state index in [1.807, 2.05) is 6.08 Å². The quantitative estimate of drug-likeness (QED) is 0.433. The van der Waals surface area contributed by atoms with Gasteiger partial charge in [-0.2, -0.15) is 0 Å². The summed E-state index contributed by atoms with van der Waals surface area (Å²) in [6.45, 7) is 2.11. The van der Waals surface area contributed by atoms with Crippen molar-refractivity contribution in [3.05, 3.63) is 21.8 Å². The zero-order valence-electron chi connectivity index (χ0n) is 15.4. The maximum Gasteiger partial charge on any atom is 0.296 e. The molecule has 0 aliphatic heterocycles. The molecule has 0 heterocycles. The van der Waals surface area contributed by atoms with Crippen LogP contribution in [0.15, 0.2) is 11.6 Å². The first-order valence-corrected chi connectivity index (χ1v) is 10.0. The molecular weight excluding hydrogens is 330 g/mol. The SMILES string of the molecule is C#C[C@]1(O[N+](=O)[O-])CC[C@H]2[C@@H]3CCC4=CC(=O)CC[C@@H]4[C@H]3CC[C@@]21CC. The van der Waals surface area contributed by atoms with Crippen molar-refractivity contribution in [2.45, 2.75) is 70.3 Å². The number of terminal acetylenes is 1. The van der Waals surface area contributed by atoms with Crippen LogP contribution in [0.4, 0.5) is 0 Å². The van der Waals surface area contributed by atoms with Gasteiger partial charge in [0.15, 0.2) is 11.4 Å². The van der Waals surface area contributed by atoms with E-state index in [0.29, 0.717) is 36.5 Å². The van der Waals surface area contributed by atoms with Crippen LogP contribution in [-0.2, 0) is 9.63 Å². The Morgan fingerprint density at radius 2 is 2.08 bits per heavy atom. The average Bonchev–Trinajstić information content (AvgIpc) is 2.95. The van der Waals surface area contributed by atoms with Gasteiger partial charge in [0.1, 0.15) is 0 Å². The molecule has 3 fully saturated rings. The largest absolute Gasteiger partial charge is 0.296 e. The van der Waals surface area contributed by atoms with Gasteiger partial charge in [-0.15, -0.1) is 16.5 Å². The number of fused-ring (bicyclic) bond motifs is 5. The predicted molar refractivity (Wildman–Crippen MR) is 96.4 cm³/mol. The van der Waals surface area contributed by atoms with Crippen LogP contribution in [-0.4, -0.2) is 16.5 Å². The highest BCUT2D eigenvalue weighted by atomic mass is 17.0. The van der Waals surface area contributed by atoms with Gasteiger partial charge in [0, 0.05) is 11.8 Å². The molecule has 26 heavy (non-hydrogen) atoms. The molecule has 0 saturated heterocycles. The maximum absolute atomic E-state index is 11.8. The fourth-order valence-electron chi connectivity index (χ4n) is 7.23. The third kappa shape index (κ3) is 2.27. The van der Waals surface area contributed by atoms with E-state index in [0.717, 1.165) is 44.9 Å². The smallest absolute Gasteiger partial charge is 0.295 e. The van der Waals surface area contributed by atoms with Crippen LogP contribution in [0.2, 0.25) is 0 Å². The molecule has 0 radical (unpaired) electrons. The zero-order chi connectivity index (χ0) is 18.5. The second-order valence-electron chi connectivity index (χ2n) is 8.68. The molecule has 5 heteroatoms. The van der Waals surface area contributed by atoms with Gasteiger partial charge < -0.3 is 0 Å². The van der Waals surface area contributed by atoms with Crippen LogP contribution in [0.3, 0.4) is 0 Å². The normalized spacial score (nSPS) is 44.2. The van der Waals surface area contributed by atoms with Gasteiger partial charge in [-0.05, 0) is 81.1 Å². The minimum absolute atomic E-state index is 0.278. The molecule has 3 saturated carbocycles. The molecule has 0 N–H and O–H groups in total. The molecule has 0 spiro atoms. The Labute approximate surface area is 154 Å². The maximum atomic E-state index is 11.8. The number of hydrogen-bond acceptors (Lipinski definition) is 4. The molecule has 4 aliphatic carbocycles. The van der Waals surface area contributed by atoms with Crippen molar-refractivity contribution in [1.29, 1.82) is 0 Å². The van der Waals surface area contributed by atoms with E-state index in [9.17, 15) is 14.9 Å². The number of carbonyl (C=O) groups excluding carboxylic acids is 1. The number of ketones is 1. The molecule has 0 aromatic heterocycles. The zero-order valence-corrected chi connectivity index (χ0v) is 15.4. The van der Waals surface area contributed by atoms with Crippen molar-refractivity contribution in [2.24, 2.45) is 29.1 Å². The standard InChI is InChI=1S/C21H27NO4/c1-3-20-11-9-17-16-8-6-15(23)13-14(16)5-7-18(17)19(20)10-12-21(20,4-2)26-22(24)25/h2,13,16-19H,3,5-12H2,1H3/t16-,17+,18+,19-,20-,21-/m0/s1.